The number of rotatable bonds is 7. The molecule has 5 heteroatoms. The SMILES string of the molecule is CC(C)COc1ccc(/C=C2\SC(=Nc3ccccc3)N(Cc3ccccc3)C2=O)cc1. The molecule has 0 spiro atoms. The number of carbonyl (C=O) groups excluding carboxylic acids is 1. The molecular formula is C27H26N2O2S. The van der Waals surface area contributed by atoms with E-state index < -0.39 is 0 Å². The van der Waals surface area contributed by atoms with Crippen LogP contribution in [-0.4, -0.2) is 22.6 Å². The van der Waals surface area contributed by atoms with Crippen molar-refractivity contribution in [2.75, 3.05) is 6.61 Å². The van der Waals surface area contributed by atoms with Crippen LogP contribution in [0.2, 0.25) is 0 Å². The van der Waals surface area contributed by atoms with Crippen LogP contribution < -0.4 is 4.74 Å². The molecule has 1 saturated heterocycles. The van der Waals surface area contributed by atoms with Gasteiger partial charge in [-0.15, -0.1) is 0 Å². The fourth-order valence-corrected chi connectivity index (χ4v) is 4.18. The van der Waals surface area contributed by atoms with Crippen LogP contribution in [0.5, 0.6) is 5.75 Å². The molecule has 4 nitrogen and oxygen atoms in total. The Morgan fingerprint density at radius 1 is 0.938 bits per heavy atom. The maximum atomic E-state index is 13.3. The average Bonchev–Trinajstić information content (AvgIpc) is 3.09. The van der Waals surface area contributed by atoms with E-state index >= 15 is 0 Å². The Bertz CT molecular complexity index is 1110. The maximum Gasteiger partial charge on any atom is 0.267 e. The lowest BCUT2D eigenvalue weighted by atomic mass is 10.2. The Kier molecular flexibility index (Phi) is 7.07. The maximum absolute atomic E-state index is 13.3. The highest BCUT2D eigenvalue weighted by molar-refractivity contribution is 8.18. The Hall–Kier alpha value is -3.31. The van der Waals surface area contributed by atoms with Crippen LogP contribution >= 0.6 is 11.8 Å². The number of amidine groups is 1. The lowest BCUT2D eigenvalue weighted by Crippen LogP contribution is -2.28. The Morgan fingerprint density at radius 2 is 1.59 bits per heavy atom. The van der Waals surface area contributed by atoms with Crippen LogP contribution in [0.25, 0.3) is 6.08 Å². The number of aliphatic imine (C=N–C) groups is 1. The number of ether oxygens (including phenoxy) is 1. The standard InChI is InChI=1S/C27H26N2O2S/c1-20(2)19-31-24-15-13-21(14-16-24)17-25-26(30)29(18-22-9-5-3-6-10-22)27(32-25)28-23-11-7-4-8-12-23/h3-17,20H,18-19H2,1-2H3/b25-17-,28-27?. The molecule has 162 valence electrons. The third-order valence-electron chi connectivity index (χ3n) is 4.81. The Balaban J connectivity index is 1.59. The van der Waals surface area contributed by atoms with Gasteiger partial charge in [-0.25, -0.2) is 4.99 Å². The summed E-state index contributed by atoms with van der Waals surface area (Å²) < 4.78 is 5.76. The molecule has 0 aliphatic carbocycles. The van der Waals surface area contributed by atoms with E-state index in [1.54, 1.807) is 4.90 Å². The minimum Gasteiger partial charge on any atom is -0.493 e. The minimum atomic E-state index is -0.0336. The summed E-state index contributed by atoms with van der Waals surface area (Å²) in [4.78, 5) is 20.5. The van der Waals surface area contributed by atoms with E-state index in [0.29, 0.717) is 29.1 Å². The summed E-state index contributed by atoms with van der Waals surface area (Å²) in [6.45, 7) is 5.41. The molecule has 0 bridgehead atoms. The first kappa shape index (κ1) is 21.9. The van der Waals surface area contributed by atoms with Crippen molar-refractivity contribution in [2.45, 2.75) is 20.4 Å². The van der Waals surface area contributed by atoms with Crippen LogP contribution in [0.15, 0.2) is 94.8 Å². The molecule has 1 amide bonds. The lowest BCUT2D eigenvalue weighted by Gasteiger charge is -2.15. The number of hydrogen-bond donors (Lipinski definition) is 0. The van der Waals surface area contributed by atoms with Gasteiger partial charge in [0, 0.05) is 0 Å². The Morgan fingerprint density at radius 3 is 2.25 bits per heavy atom. The number of benzene rings is 3. The van der Waals surface area contributed by atoms with E-state index in [1.165, 1.54) is 11.8 Å². The fraction of sp³-hybridized carbons (Fsp3) is 0.185. The second-order valence-electron chi connectivity index (χ2n) is 7.99. The molecule has 1 aliphatic heterocycles. The predicted octanol–water partition coefficient (Wildman–Crippen LogP) is 6.53. The second-order valence-corrected chi connectivity index (χ2v) is 9.00. The predicted molar refractivity (Wildman–Crippen MR) is 133 cm³/mol. The highest BCUT2D eigenvalue weighted by atomic mass is 32.2. The van der Waals surface area contributed by atoms with Crippen LogP contribution in [0.4, 0.5) is 5.69 Å². The number of amides is 1. The highest BCUT2D eigenvalue weighted by Gasteiger charge is 2.33. The van der Waals surface area contributed by atoms with E-state index in [2.05, 4.69) is 13.8 Å². The number of hydrogen-bond acceptors (Lipinski definition) is 4. The van der Waals surface area contributed by atoms with Gasteiger partial charge < -0.3 is 4.74 Å². The van der Waals surface area contributed by atoms with Crippen LogP contribution in [0, 0.1) is 5.92 Å². The first-order valence-corrected chi connectivity index (χ1v) is 11.5. The van der Waals surface area contributed by atoms with Gasteiger partial charge in [0.25, 0.3) is 5.91 Å². The molecule has 3 aromatic carbocycles. The first-order valence-electron chi connectivity index (χ1n) is 10.7. The van der Waals surface area contributed by atoms with Crippen molar-refractivity contribution < 1.29 is 9.53 Å². The fourth-order valence-electron chi connectivity index (χ4n) is 3.18. The summed E-state index contributed by atoms with van der Waals surface area (Å²) in [5.41, 5.74) is 2.85. The number of carbonyl (C=O) groups is 1. The summed E-state index contributed by atoms with van der Waals surface area (Å²) in [5, 5.41) is 0.688. The molecule has 1 heterocycles. The molecule has 1 aliphatic rings. The molecule has 4 rings (SSSR count). The largest absolute Gasteiger partial charge is 0.493 e. The first-order chi connectivity index (χ1) is 15.6. The van der Waals surface area contributed by atoms with Gasteiger partial charge in [0.1, 0.15) is 5.75 Å². The van der Waals surface area contributed by atoms with Crippen molar-refractivity contribution in [1.29, 1.82) is 0 Å². The van der Waals surface area contributed by atoms with Gasteiger partial charge in [0.15, 0.2) is 5.17 Å². The topological polar surface area (TPSA) is 41.9 Å². The average molecular weight is 443 g/mol. The van der Waals surface area contributed by atoms with E-state index in [4.69, 9.17) is 9.73 Å². The van der Waals surface area contributed by atoms with Gasteiger partial charge in [0.2, 0.25) is 0 Å². The van der Waals surface area contributed by atoms with E-state index in [1.807, 2.05) is 91.0 Å². The summed E-state index contributed by atoms with van der Waals surface area (Å²) in [6.07, 6.45) is 1.92. The second kappa shape index (κ2) is 10.3. The lowest BCUT2D eigenvalue weighted by molar-refractivity contribution is -0.122. The molecule has 0 aromatic heterocycles. The van der Waals surface area contributed by atoms with Crippen molar-refractivity contribution in [3.8, 4) is 5.75 Å². The van der Waals surface area contributed by atoms with E-state index in [-0.39, 0.29) is 5.91 Å². The van der Waals surface area contributed by atoms with Gasteiger partial charge >= 0.3 is 0 Å². The zero-order valence-electron chi connectivity index (χ0n) is 18.3. The van der Waals surface area contributed by atoms with Crippen molar-refractivity contribution >= 4 is 34.6 Å². The van der Waals surface area contributed by atoms with Crippen LogP contribution in [0.1, 0.15) is 25.0 Å². The third-order valence-corrected chi connectivity index (χ3v) is 5.82. The highest BCUT2D eigenvalue weighted by Crippen LogP contribution is 2.35. The van der Waals surface area contributed by atoms with E-state index in [0.717, 1.165) is 22.6 Å². The Labute approximate surface area is 193 Å². The van der Waals surface area contributed by atoms with Gasteiger partial charge in [-0.1, -0.05) is 74.5 Å². The molecule has 0 atom stereocenters. The molecule has 0 radical (unpaired) electrons. The monoisotopic (exact) mass is 442 g/mol. The number of thioether (sulfide) groups is 1. The summed E-state index contributed by atoms with van der Waals surface area (Å²) in [5.74, 6) is 1.28. The molecule has 0 saturated carbocycles. The van der Waals surface area contributed by atoms with Gasteiger partial charge in [-0.3, -0.25) is 9.69 Å². The molecular weight excluding hydrogens is 416 g/mol. The van der Waals surface area contributed by atoms with Crippen molar-refractivity contribution in [2.24, 2.45) is 10.9 Å². The van der Waals surface area contributed by atoms with Crippen LogP contribution in [-0.2, 0) is 11.3 Å². The molecule has 0 unspecified atom stereocenters. The van der Waals surface area contributed by atoms with Gasteiger partial charge in [-0.05, 0) is 59.1 Å². The third kappa shape index (κ3) is 5.68. The molecule has 1 fully saturated rings. The zero-order chi connectivity index (χ0) is 22.3. The van der Waals surface area contributed by atoms with Gasteiger partial charge in [-0.2, -0.15) is 0 Å². The summed E-state index contributed by atoms with van der Waals surface area (Å²) >= 11 is 1.41. The molecule has 0 N–H and O–H groups in total. The summed E-state index contributed by atoms with van der Waals surface area (Å²) in [6, 6.07) is 27.6. The van der Waals surface area contributed by atoms with Crippen LogP contribution in [0.3, 0.4) is 0 Å². The number of nitrogens with zero attached hydrogens (tertiary/aromatic N) is 2. The van der Waals surface area contributed by atoms with Gasteiger partial charge in [0.05, 0.1) is 23.7 Å². The molecule has 32 heavy (non-hydrogen) atoms. The quantitative estimate of drug-likeness (QED) is 0.391. The van der Waals surface area contributed by atoms with Crippen molar-refractivity contribution in [3.05, 3.63) is 101 Å². The number of para-hydroxylation sites is 1. The minimum absolute atomic E-state index is 0.0336. The molecule has 3 aromatic rings. The van der Waals surface area contributed by atoms with E-state index in [9.17, 15) is 4.79 Å². The normalized spacial score (nSPS) is 16.3. The zero-order valence-corrected chi connectivity index (χ0v) is 19.1. The summed E-state index contributed by atoms with van der Waals surface area (Å²) in [7, 11) is 0. The van der Waals surface area contributed by atoms with Crippen molar-refractivity contribution in [3.63, 3.8) is 0 Å². The van der Waals surface area contributed by atoms with Crippen molar-refractivity contribution in [1.82, 2.24) is 4.90 Å². The smallest absolute Gasteiger partial charge is 0.267 e.